The van der Waals surface area contributed by atoms with Gasteiger partial charge in [0, 0.05) is 18.0 Å². The average molecular weight is 259 g/mol. The van der Waals surface area contributed by atoms with Crippen molar-refractivity contribution in [1.82, 2.24) is 4.98 Å². The number of benzene rings is 2. The van der Waals surface area contributed by atoms with Crippen molar-refractivity contribution in [1.29, 1.82) is 0 Å². The van der Waals surface area contributed by atoms with Crippen molar-refractivity contribution < 1.29 is 0 Å². The van der Waals surface area contributed by atoms with Gasteiger partial charge in [-0.3, -0.25) is 4.98 Å². The summed E-state index contributed by atoms with van der Waals surface area (Å²) in [7, 11) is 0. The second-order valence-corrected chi connectivity index (χ2v) is 5.20. The second kappa shape index (κ2) is 5.30. The molecule has 0 bridgehead atoms. The fourth-order valence-electron chi connectivity index (χ4n) is 2.40. The van der Waals surface area contributed by atoms with Crippen LogP contribution in [0.25, 0.3) is 22.3 Å². The van der Waals surface area contributed by atoms with Crippen LogP contribution >= 0.6 is 0 Å². The molecule has 0 atom stereocenters. The van der Waals surface area contributed by atoms with Gasteiger partial charge in [0.25, 0.3) is 0 Å². The van der Waals surface area contributed by atoms with E-state index in [1.165, 1.54) is 27.8 Å². The molecule has 1 nitrogen and oxygen atoms in total. The zero-order valence-electron chi connectivity index (χ0n) is 11.8. The average Bonchev–Trinajstić information content (AvgIpc) is 2.48. The van der Waals surface area contributed by atoms with E-state index in [0.717, 1.165) is 5.56 Å². The third-order valence-corrected chi connectivity index (χ3v) is 3.46. The Balaban J connectivity index is 2.09. The highest BCUT2D eigenvalue weighted by molar-refractivity contribution is 5.73. The molecule has 0 aliphatic rings. The van der Waals surface area contributed by atoms with Crippen LogP contribution < -0.4 is 0 Å². The minimum absolute atomic E-state index is 1.16. The van der Waals surface area contributed by atoms with E-state index in [4.69, 9.17) is 0 Å². The van der Waals surface area contributed by atoms with Gasteiger partial charge in [-0.25, -0.2) is 0 Å². The molecule has 3 aromatic rings. The molecule has 0 fully saturated rings. The summed E-state index contributed by atoms with van der Waals surface area (Å²) >= 11 is 0. The highest BCUT2D eigenvalue weighted by Gasteiger charge is 2.03. The first-order chi connectivity index (χ1) is 9.72. The van der Waals surface area contributed by atoms with Gasteiger partial charge >= 0.3 is 0 Å². The molecule has 0 saturated carbocycles. The molecule has 0 saturated heterocycles. The van der Waals surface area contributed by atoms with E-state index in [-0.39, 0.29) is 0 Å². The van der Waals surface area contributed by atoms with Crippen molar-refractivity contribution in [2.45, 2.75) is 13.8 Å². The van der Waals surface area contributed by atoms with Crippen LogP contribution in [0.3, 0.4) is 0 Å². The van der Waals surface area contributed by atoms with Crippen LogP contribution in [0, 0.1) is 13.8 Å². The van der Waals surface area contributed by atoms with Gasteiger partial charge in [-0.1, -0.05) is 48.0 Å². The molecule has 2 aromatic carbocycles. The van der Waals surface area contributed by atoms with Gasteiger partial charge in [0.05, 0.1) is 0 Å². The maximum Gasteiger partial charge on any atom is 0.0346 e. The minimum Gasteiger partial charge on any atom is -0.264 e. The molecule has 0 aliphatic heterocycles. The number of hydrogen-bond donors (Lipinski definition) is 0. The smallest absolute Gasteiger partial charge is 0.0346 e. The Morgan fingerprint density at radius 3 is 2.00 bits per heavy atom. The van der Waals surface area contributed by atoms with Crippen LogP contribution in [0.2, 0.25) is 0 Å². The van der Waals surface area contributed by atoms with Gasteiger partial charge in [-0.15, -0.1) is 0 Å². The van der Waals surface area contributed by atoms with E-state index in [0.29, 0.717) is 0 Å². The Morgan fingerprint density at radius 2 is 1.35 bits per heavy atom. The molecule has 3 rings (SSSR count). The summed E-state index contributed by atoms with van der Waals surface area (Å²) in [6, 6.07) is 19.4. The Kier molecular flexibility index (Phi) is 3.34. The lowest BCUT2D eigenvalue weighted by atomic mass is 9.97. The molecule has 98 valence electrons. The van der Waals surface area contributed by atoms with Crippen molar-refractivity contribution in [2.75, 3.05) is 0 Å². The van der Waals surface area contributed by atoms with Crippen LogP contribution in [0.15, 0.2) is 67.0 Å². The largest absolute Gasteiger partial charge is 0.264 e. The Bertz CT molecular complexity index is 713. The van der Waals surface area contributed by atoms with Crippen molar-refractivity contribution in [3.8, 4) is 22.3 Å². The Hall–Kier alpha value is -2.41. The van der Waals surface area contributed by atoms with E-state index in [1.807, 2.05) is 12.3 Å². The van der Waals surface area contributed by atoms with E-state index in [9.17, 15) is 0 Å². The maximum atomic E-state index is 4.20. The Morgan fingerprint density at radius 1 is 0.650 bits per heavy atom. The summed E-state index contributed by atoms with van der Waals surface area (Å²) < 4.78 is 0. The van der Waals surface area contributed by atoms with Crippen LogP contribution in [0.5, 0.6) is 0 Å². The number of rotatable bonds is 2. The summed E-state index contributed by atoms with van der Waals surface area (Å²) in [5.41, 5.74) is 7.43. The van der Waals surface area contributed by atoms with Crippen LogP contribution in [0.1, 0.15) is 11.1 Å². The van der Waals surface area contributed by atoms with Crippen molar-refractivity contribution in [2.24, 2.45) is 0 Å². The predicted molar refractivity (Wildman–Crippen MR) is 84.6 cm³/mol. The molecule has 0 aliphatic carbocycles. The lowest BCUT2D eigenvalue weighted by molar-refractivity contribution is 1.33. The maximum absolute atomic E-state index is 4.20. The summed E-state index contributed by atoms with van der Waals surface area (Å²) in [5, 5.41) is 0. The standard InChI is InChI=1S/C19H17N/c1-14-5-7-16(8-6-14)18-10-15(2)11-19(12-18)17-4-3-9-20-13-17/h3-13H,1-2H3. The summed E-state index contributed by atoms with van der Waals surface area (Å²) in [4.78, 5) is 4.20. The molecule has 20 heavy (non-hydrogen) atoms. The van der Waals surface area contributed by atoms with E-state index < -0.39 is 0 Å². The Labute approximate surface area is 119 Å². The number of nitrogens with zero attached hydrogens (tertiary/aromatic N) is 1. The quantitative estimate of drug-likeness (QED) is 0.628. The van der Waals surface area contributed by atoms with Crippen molar-refractivity contribution in [3.05, 3.63) is 78.1 Å². The molecular formula is C19H17N. The van der Waals surface area contributed by atoms with Crippen LogP contribution in [-0.2, 0) is 0 Å². The van der Waals surface area contributed by atoms with Crippen molar-refractivity contribution in [3.63, 3.8) is 0 Å². The topological polar surface area (TPSA) is 12.9 Å². The van der Waals surface area contributed by atoms with Gasteiger partial charge < -0.3 is 0 Å². The zero-order valence-corrected chi connectivity index (χ0v) is 11.8. The third-order valence-electron chi connectivity index (χ3n) is 3.46. The third kappa shape index (κ3) is 2.62. The fraction of sp³-hybridized carbons (Fsp3) is 0.105. The summed E-state index contributed by atoms with van der Waals surface area (Å²) in [6.45, 7) is 4.25. The summed E-state index contributed by atoms with van der Waals surface area (Å²) in [6.07, 6.45) is 3.72. The number of aromatic nitrogens is 1. The highest BCUT2D eigenvalue weighted by Crippen LogP contribution is 2.27. The van der Waals surface area contributed by atoms with Gasteiger partial charge in [-0.2, -0.15) is 0 Å². The molecule has 1 aromatic heterocycles. The number of hydrogen-bond acceptors (Lipinski definition) is 1. The van der Waals surface area contributed by atoms with E-state index in [2.05, 4.69) is 67.4 Å². The minimum atomic E-state index is 1.16. The van der Waals surface area contributed by atoms with Gasteiger partial charge in [0.1, 0.15) is 0 Å². The molecule has 0 unspecified atom stereocenters. The zero-order chi connectivity index (χ0) is 13.9. The fourth-order valence-corrected chi connectivity index (χ4v) is 2.40. The first-order valence-electron chi connectivity index (χ1n) is 6.81. The second-order valence-electron chi connectivity index (χ2n) is 5.20. The van der Waals surface area contributed by atoms with Gasteiger partial charge in [0.2, 0.25) is 0 Å². The van der Waals surface area contributed by atoms with E-state index in [1.54, 1.807) is 6.20 Å². The summed E-state index contributed by atoms with van der Waals surface area (Å²) in [5.74, 6) is 0. The number of aryl methyl sites for hydroxylation is 2. The van der Waals surface area contributed by atoms with E-state index >= 15 is 0 Å². The molecule has 0 radical (unpaired) electrons. The normalized spacial score (nSPS) is 10.5. The molecule has 0 amide bonds. The molecule has 0 spiro atoms. The predicted octanol–water partition coefficient (Wildman–Crippen LogP) is 5.03. The molecule has 1 heteroatoms. The first-order valence-corrected chi connectivity index (χ1v) is 6.81. The highest BCUT2D eigenvalue weighted by atomic mass is 14.6. The SMILES string of the molecule is Cc1ccc(-c2cc(C)cc(-c3cccnc3)c2)cc1. The molecule has 1 heterocycles. The first kappa shape index (κ1) is 12.6. The monoisotopic (exact) mass is 259 g/mol. The lowest BCUT2D eigenvalue weighted by Gasteiger charge is -2.08. The lowest BCUT2D eigenvalue weighted by Crippen LogP contribution is -1.85. The number of pyridine rings is 1. The van der Waals surface area contributed by atoms with Crippen molar-refractivity contribution >= 4 is 0 Å². The van der Waals surface area contributed by atoms with Gasteiger partial charge in [-0.05, 0) is 48.2 Å². The van der Waals surface area contributed by atoms with Crippen LogP contribution in [0.4, 0.5) is 0 Å². The van der Waals surface area contributed by atoms with Gasteiger partial charge in [0.15, 0.2) is 0 Å². The van der Waals surface area contributed by atoms with Crippen LogP contribution in [-0.4, -0.2) is 4.98 Å². The molecular weight excluding hydrogens is 242 g/mol. The molecule has 0 N–H and O–H groups in total.